The highest BCUT2D eigenvalue weighted by molar-refractivity contribution is 5.34. The first-order chi connectivity index (χ1) is 7.16. The third-order valence-electron chi connectivity index (χ3n) is 2.68. The van der Waals surface area contributed by atoms with Gasteiger partial charge >= 0.3 is 0 Å². The fourth-order valence-corrected chi connectivity index (χ4v) is 1.84. The van der Waals surface area contributed by atoms with E-state index in [0.29, 0.717) is 0 Å². The topological polar surface area (TPSA) is 3.24 Å². The van der Waals surface area contributed by atoms with Gasteiger partial charge in [0.25, 0.3) is 0 Å². The molecule has 2 rings (SSSR count). The number of benzene rings is 1. The molecule has 1 heterocycles. The minimum atomic E-state index is -0.0664. The van der Waals surface area contributed by atoms with Crippen molar-refractivity contribution in [3.63, 3.8) is 0 Å². The molecule has 0 fully saturated rings. The van der Waals surface area contributed by atoms with E-state index in [-0.39, 0.29) is 5.82 Å². The quantitative estimate of drug-likeness (QED) is 0.634. The molecular weight excluding hydrogens is 189 g/mol. The van der Waals surface area contributed by atoms with Crippen molar-refractivity contribution in [2.45, 2.75) is 33.7 Å². The number of hydrogen-bond acceptors (Lipinski definition) is 1. The van der Waals surface area contributed by atoms with Crippen molar-refractivity contribution in [2.24, 2.45) is 0 Å². The van der Waals surface area contributed by atoms with Gasteiger partial charge < -0.3 is 4.90 Å². The summed E-state index contributed by atoms with van der Waals surface area (Å²) in [6, 6.07) is 3.66. The Morgan fingerprint density at radius 2 is 1.87 bits per heavy atom. The first kappa shape index (κ1) is 12.2. The fourth-order valence-electron chi connectivity index (χ4n) is 1.84. The van der Waals surface area contributed by atoms with Crippen LogP contribution in [0.4, 0.5) is 4.39 Å². The Hall–Kier alpha value is -0.890. The summed E-state index contributed by atoms with van der Waals surface area (Å²) >= 11 is 0. The zero-order chi connectivity index (χ0) is 11.4. The third-order valence-corrected chi connectivity index (χ3v) is 2.68. The smallest absolute Gasteiger partial charge is 0.126 e. The van der Waals surface area contributed by atoms with Gasteiger partial charge in [-0.3, -0.25) is 0 Å². The largest absolute Gasteiger partial charge is 0.302 e. The highest BCUT2D eigenvalue weighted by atomic mass is 19.1. The molecular formula is C13H20FN. The van der Waals surface area contributed by atoms with E-state index in [0.717, 1.165) is 25.1 Å². The van der Waals surface area contributed by atoms with Crippen molar-refractivity contribution in [2.75, 3.05) is 13.6 Å². The summed E-state index contributed by atoms with van der Waals surface area (Å²) in [4.78, 5) is 2.26. The lowest BCUT2D eigenvalue weighted by molar-refractivity contribution is 0.312. The third kappa shape index (κ3) is 2.78. The lowest BCUT2D eigenvalue weighted by Gasteiger charge is -2.25. The maximum absolute atomic E-state index is 13.2. The van der Waals surface area contributed by atoms with Crippen LogP contribution in [0.15, 0.2) is 12.1 Å². The summed E-state index contributed by atoms with van der Waals surface area (Å²) in [7, 11) is 2.10. The first-order valence-electron chi connectivity index (χ1n) is 5.63. The Balaban J connectivity index is 0.000000531. The van der Waals surface area contributed by atoms with Gasteiger partial charge in [0.05, 0.1) is 0 Å². The molecule has 0 bridgehead atoms. The standard InChI is InChI=1S/C11H14FN.C2H6/c1-8-5-10-7-13(2)4-3-9(10)6-11(8)12;1-2/h5-6H,3-4,7H2,1-2H3;1-2H3. The van der Waals surface area contributed by atoms with Crippen LogP contribution in [0.2, 0.25) is 0 Å². The summed E-state index contributed by atoms with van der Waals surface area (Å²) in [5, 5.41) is 0. The second-order valence-electron chi connectivity index (χ2n) is 3.86. The Morgan fingerprint density at radius 1 is 1.20 bits per heavy atom. The molecule has 1 aromatic rings. The first-order valence-corrected chi connectivity index (χ1v) is 5.63. The van der Waals surface area contributed by atoms with E-state index in [1.807, 2.05) is 26.8 Å². The Morgan fingerprint density at radius 3 is 2.53 bits per heavy atom. The van der Waals surface area contributed by atoms with Crippen LogP contribution in [0.25, 0.3) is 0 Å². The Kier molecular flexibility index (Phi) is 4.28. The molecule has 0 radical (unpaired) electrons. The molecule has 0 saturated heterocycles. The highest BCUT2D eigenvalue weighted by Gasteiger charge is 2.14. The molecule has 0 aromatic heterocycles. The van der Waals surface area contributed by atoms with Gasteiger partial charge in [-0.25, -0.2) is 4.39 Å². The number of rotatable bonds is 0. The van der Waals surface area contributed by atoms with Gasteiger partial charge in [-0.1, -0.05) is 19.9 Å². The van der Waals surface area contributed by atoms with E-state index in [9.17, 15) is 4.39 Å². The molecule has 0 atom stereocenters. The van der Waals surface area contributed by atoms with Gasteiger partial charge in [0.2, 0.25) is 0 Å². The SMILES string of the molecule is CC.Cc1cc2c(cc1F)CCN(C)C2. The summed E-state index contributed by atoms with van der Waals surface area (Å²) in [6.07, 6.45) is 0.975. The lowest BCUT2D eigenvalue weighted by Crippen LogP contribution is -2.26. The van der Waals surface area contributed by atoms with Gasteiger partial charge in [0.1, 0.15) is 5.82 Å². The minimum Gasteiger partial charge on any atom is -0.302 e. The minimum absolute atomic E-state index is 0.0664. The van der Waals surface area contributed by atoms with Crippen LogP contribution in [0.5, 0.6) is 0 Å². The van der Waals surface area contributed by atoms with Crippen LogP contribution in [0, 0.1) is 12.7 Å². The number of likely N-dealkylation sites (N-methyl/N-ethyl adjacent to an activating group) is 1. The number of nitrogens with zero attached hydrogens (tertiary/aromatic N) is 1. The second-order valence-corrected chi connectivity index (χ2v) is 3.86. The summed E-state index contributed by atoms with van der Waals surface area (Å²) in [5.74, 6) is -0.0664. The van der Waals surface area contributed by atoms with E-state index in [1.165, 1.54) is 11.1 Å². The highest BCUT2D eigenvalue weighted by Crippen LogP contribution is 2.21. The van der Waals surface area contributed by atoms with Crippen LogP contribution in [-0.4, -0.2) is 18.5 Å². The molecule has 84 valence electrons. The molecule has 0 amide bonds. The van der Waals surface area contributed by atoms with E-state index in [2.05, 4.69) is 11.9 Å². The van der Waals surface area contributed by atoms with Crippen molar-refractivity contribution in [1.29, 1.82) is 0 Å². The average molecular weight is 209 g/mol. The van der Waals surface area contributed by atoms with E-state index in [1.54, 1.807) is 6.07 Å². The fraction of sp³-hybridized carbons (Fsp3) is 0.538. The van der Waals surface area contributed by atoms with Gasteiger partial charge in [-0.2, -0.15) is 0 Å². The molecule has 0 aliphatic carbocycles. The number of halogens is 1. The Bertz CT molecular complexity index is 334. The summed E-state index contributed by atoms with van der Waals surface area (Å²) < 4.78 is 13.2. The van der Waals surface area contributed by atoms with Gasteiger partial charge in [-0.15, -0.1) is 0 Å². The van der Waals surface area contributed by atoms with Crippen LogP contribution in [0.1, 0.15) is 30.5 Å². The average Bonchev–Trinajstić information content (AvgIpc) is 2.23. The van der Waals surface area contributed by atoms with E-state index < -0.39 is 0 Å². The normalized spacial score (nSPS) is 15.3. The maximum Gasteiger partial charge on any atom is 0.126 e. The number of fused-ring (bicyclic) bond motifs is 1. The molecule has 1 nitrogen and oxygen atoms in total. The Labute approximate surface area is 91.9 Å². The van der Waals surface area contributed by atoms with Crippen LogP contribution < -0.4 is 0 Å². The second kappa shape index (κ2) is 5.26. The molecule has 2 heteroatoms. The zero-order valence-corrected chi connectivity index (χ0v) is 10.1. The van der Waals surface area contributed by atoms with Crippen molar-refractivity contribution >= 4 is 0 Å². The summed E-state index contributed by atoms with van der Waals surface area (Å²) in [6.45, 7) is 7.82. The van der Waals surface area contributed by atoms with Gasteiger partial charge in [0, 0.05) is 13.1 Å². The molecule has 1 aliphatic rings. The van der Waals surface area contributed by atoms with Crippen LogP contribution >= 0.6 is 0 Å². The van der Waals surface area contributed by atoms with Crippen LogP contribution in [0.3, 0.4) is 0 Å². The lowest BCUT2D eigenvalue weighted by atomic mass is 9.98. The van der Waals surface area contributed by atoms with Crippen molar-refractivity contribution in [3.8, 4) is 0 Å². The molecule has 15 heavy (non-hydrogen) atoms. The predicted octanol–water partition coefficient (Wildman–Crippen LogP) is 3.15. The van der Waals surface area contributed by atoms with Crippen molar-refractivity contribution < 1.29 is 4.39 Å². The molecule has 1 aliphatic heterocycles. The van der Waals surface area contributed by atoms with Crippen molar-refractivity contribution in [3.05, 3.63) is 34.6 Å². The maximum atomic E-state index is 13.2. The van der Waals surface area contributed by atoms with Gasteiger partial charge in [-0.05, 0) is 43.1 Å². The van der Waals surface area contributed by atoms with Crippen LogP contribution in [-0.2, 0) is 13.0 Å². The number of aryl methyl sites for hydroxylation is 1. The molecule has 0 saturated carbocycles. The van der Waals surface area contributed by atoms with E-state index in [4.69, 9.17) is 0 Å². The molecule has 0 N–H and O–H groups in total. The molecule has 1 aromatic carbocycles. The van der Waals surface area contributed by atoms with E-state index >= 15 is 0 Å². The molecule has 0 spiro atoms. The van der Waals surface area contributed by atoms with Gasteiger partial charge in [0.15, 0.2) is 0 Å². The number of hydrogen-bond donors (Lipinski definition) is 0. The van der Waals surface area contributed by atoms with Crippen molar-refractivity contribution in [1.82, 2.24) is 4.90 Å². The monoisotopic (exact) mass is 209 g/mol. The molecule has 0 unspecified atom stereocenters. The zero-order valence-electron chi connectivity index (χ0n) is 10.1. The summed E-state index contributed by atoms with van der Waals surface area (Å²) in [5.41, 5.74) is 3.22. The predicted molar refractivity (Wildman–Crippen MR) is 62.5 cm³/mol.